The van der Waals surface area contributed by atoms with Crippen LogP contribution in [0.3, 0.4) is 0 Å². The van der Waals surface area contributed by atoms with Gasteiger partial charge in [-0.2, -0.15) is 0 Å². The summed E-state index contributed by atoms with van der Waals surface area (Å²) < 4.78 is 11.0. The van der Waals surface area contributed by atoms with Crippen LogP contribution in [0.1, 0.15) is 36.7 Å². The highest BCUT2D eigenvalue weighted by Crippen LogP contribution is 2.25. The summed E-state index contributed by atoms with van der Waals surface area (Å²) in [6.07, 6.45) is 5.81. The summed E-state index contributed by atoms with van der Waals surface area (Å²) in [7, 11) is 0. The van der Waals surface area contributed by atoms with Gasteiger partial charge in [-0.1, -0.05) is 6.07 Å². The molecule has 1 N–H and O–H groups in total. The number of rotatable bonds is 5. The Kier molecular flexibility index (Phi) is 4.47. The molecule has 3 rings (SSSR count). The minimum Gasteiger partial charge on any atom is -0.481 e. The van der Waals surface area contributed by atoms with Gasteiger partial charge >= 0.3 is 0 Å². The Labute approximate surface area is 130 Å². The lowest BCUT2D eigenvalue weighted by molar-refractivity contribution is -0.127. The van der Waals surface area contributed by atoms with Crippen molar-refractivity contribution in [3.8, 4) is 5.75 Å². The minimum atomic E-state index is -0.531. The number of carbonyl (C=O) groups is 1. The summed E-state index contributed by atoms with van der Waals surface area (Å²) in [5.41, 5.74) is 2.76. The fraction of sp³-hybridized carbons (Fsp3) is 0.389. The van der Waals surface area contributed by atoms with Crippen molar-refractivity contribution in [1.29, 1.82) is 0 Å². The van der Waals surface area contributed by atoms with Crippen molar-refractivity contribution in [1.82, 2.24) is 5.32 Å². The smallest absolute Gasteiger partial charge is 0.261 e. The molecule has 22 heavy (non-hydrogen) atoms. The van der Waals surface area contributed by atoms with Gasteiger partial charge in [0.05, 0.1) is 12.8 Å². The Balaban J connectivity index is 1.56. The lowest BCUT2D eigenvalue weighted by Crippen LogP contribution is -2.35. The van der Waals surface area contributed by atoms with Gasteiger partial charge < -0.3 is 14.5 Å². The Morgan fingerprint density at radius 2 is 2.09 bits per heavy atom. The van der Waals surface area contributed by atoms with E-state index in [9.17, 15) is 4.79 Å². The van der Waals surface area contributed by atoms with Gasteiger partial charge in [0.25, 0.3) is 5.91 Å². The summed E-state index contributed by atoms with van der Waals surface area (Å²) in [6, 6.07) is 9.78. The molecule has 1 amide bonds. The van der Waals surface area contributed by atoms with E-state index in [0.717, 1.165) is 24.4 Å². The third kappa shape index (κ3) is 3.50. The van der Waals surface area contributed by atoms with Crippen LogP contribution in [0.5, 0.6) is 5.75 Å². The summed E-state index contributed by atoms with van der Waals surface area (Å²) in [5.74, 6) is 1.35. The average molecular weight is 299 g/mol. The maximum Gasteiger partial charge on any atom is 0.261 e. The molecule has 1 aliphatic carbocycles. The number of carbonyl (C=O) groups excluding carboxylic acids is 1. The fourth-order valence-corrected chi connectivity index (χ4v) is 2.77. The maximum atomic E-state index is 12.1. The van der Waals surface area contributed by atoms with Crippen LogP contribution in [0.15, 0.2) is 41.0 Å². The SMILES string of the molecule is CC(Oc1ccc2c(c1)CCCC2)C(=O)NCc1ccco1. The van der Waals surface area contributed by atoms with Crippen molar-refractivity contribution in [3.05, 3.63) is 53.5 Å². The molecular formula is C18H21NO3. The first-order valence-electron chi connectivity index (χ1n) is 7.81. The molecular weight excluding hydrogens is 278 g/mol. The van der Waals surface area contributed by atoms with Crippen molar-refractivity contribution in [2.45, 2.75) is 45.3 Å². The van der Waals surface area contributed by atoms with Crippen LogP contribution >= 0.6 is 0 Å². The number of benzene rings is 1. The van der Waals surface area contributed by atoms with Crippen LogP contribution in [0, 0.1) is 0 Å². The lowest BCUT2D eigenvalue weighted by Gasteiger charge is -2.19. The van der Waals surface area contributed by atoms with E-state index in [4.69, 9.17) is 9.15 Å². The topological polar surface area (TPSA) is 51.5 Å². The first-order chi connectivity index (χ1) is 10.7. The number of furan rings is 1. The van der Waals surface area contributed by atoms with Crippen LogP contribution in [0.2, 0.25) is 0 Å². The van der Waals surface area contributed by atoms with Crippen LogP contribution < -0.4 is 10.1 Å². The number of fused-ring (bicyclic) bond motifs is 1. The molecule has 0 bridgehead atoms. The largest absolute Gasteiger partial charge is 0.481 e. The molecule has 116 valence electrons. The van der Waals surface area contributed by atoms with E-state index in [0.29, 0.717) is 6.54 Å². The molecule has 0 radical (unpaired) electrons. The summed E-state index contributed by atoms with van der Waals surface area (Å²) in [6.45, 7) is 2.14. The number of hydrogen-bond donors (Lipinski definition) is 1. The summed E-state index contributed by atoms with van der Waals surface area (Å²) >= 11 is 0. The van der Waals surface area contributed by atoms with Crippen molar-refractivity contribution in [3.63, 3.8) is 0 Å². The average Bonchev–Trinajstić information content (AvgIpc) is 3.06. The minimum absolute atomic E-state index is 0.144. The first kappa shape index (κ1) is 14.7. The maximum absolute atomic E-state index is 12.1. The van der Waals surface area contributed by atoms with Gasteiger partial charge in [-0.3, -0.25) is 4.79 Å². The van der Waals surface area contributed by atoms with Crippen LogP contribution in [-0.2, 0) is 24.2 Å². The summed E-state index contributed by atoms with van der Waals surface area (Å²) in [5, 5.41) is 2.81. The quantitative estimate of drug-likeness (QED) is 0.922. The van der Waals surface area contributed by atoms with E-state index in [1.807, 2.05) is 12.1 Å². The second-order valence-electron chi connectivity index (χ2n) is 5.69. The van der Waals surface area contributed by atoms with Crippen LogP contribution in [0.4, 0.5) is 0 Å². The van der Waals surface area contributed by atoms with E-state index in [1.165, 1.54) is 24.0 Å². The highest BCUT2D eigenvalue weighted by Gasteiger charge is 2.16. The Hall–Kier alpha value is -2.23. The van der Waals surface area contributed by atoms with Crippen molar-refractivity contribution in [2.75, 3.05) is 0 Å². The molecule has 1 aromatic heterocycles. The number of ether oxygens (including phenoxy) is 1. The molecule has 0 fully saturated rings. The van der Waals surface area contributed by atoms with Gasteiger partial charge in [-0.25, -0.2) is 0 Å². The molecule has 0 saturated heterocycles. The molecule has 4 heteroatoms. The third-order valence-electron chi connectivity index (χ3n) is 4.02. The van der Waals surface area contributed by atoms with Gasteiger partial charge in [-0.05, 0) is 68.0 Å². The van der Waals surface area contributed by atoms with Gasteiger partial charge in [0.2, 0.25) is 0 Å². The van der Waals surface area contributed by atoms with Gasteiger partial charge in [0.1, 0.15) is 11.5 Å². The van der Waals surface area contributed by atoms with E-state index in [2.05, 4.69) is 17.4 Å². The van der Waals surface area contributed by atoms with E-state index < -0.39 is 6.10 Å². The zero-order chi connectivity index (χ0) is 15.4. The third-order valence-corrected chi connectivity index (χ3v) is 4.02. The van der Waals surface area contributed by atoms with E-state index in [-0.39, 0.29) is 5.91 Å². The predicted octanol–water partition coefficient (Wildman–Crippen LogP) is 3.24. The van der Waals surface area contributed by atoms with Crippen LogP contribution in [0.25, 0.3) is 0 Å². The van der Waals surface area contributed by atoms with Gasteiger partial charge in [0, 0.05) is 0 Å². The zero-order valence-electron chi connectivity index (χ0n) is 12.8. The van der Waals surface area contributed by atoms with Crippen molar-refractivity contribution >= 4 is 5.91 Å². The highest BCUT2D eigenvalue weighted by molar-refractivity contribution is 5.80. The van der Waals surface area contributed by atoms with E-state index in [1.54, 1.807) is 19.3 Å². The number of nitrogens with one attached hydrogen (secondary N) is 1. The first-order valence-corrected chi connectivity index (χ1v) is 7.81. The molecule has 1 atom stereocenters. The fourth-order valence-electron chi connectivity index (χ4n) is 2.77. The zero-order valence-corrected chi connectivity index (χ0v) is 12.8. The summed E-state index contributed by atoms with van der Waals surface area (Å²) in [4.78, 5) is 12.1. The standard InChI is InChI=1S/C18H21NO3/c1-13(18(20)19-12-17-7-4-10-21-17)22-16-9-8-14-5-2-3-6-15(14)11-16/h4,7-11,13H,2-3,5-6,12H2,1H3,(H,19,20). The molecule has 0 spiro atoms. The van der Waals surface area contributed by atoms with Crippen molar-refractivity contribution < 1.29 is 13.9 Å². The highest BCUT2D eigenvalue weighted by atomic mass is 16.5. The normalized spacial score (nSPS) is 15.0. The number of aryl methyl sites for hydroxylation is 2. The number of hydrogen-bond acceptors (Lipinski definition) is 3. The van der Waals surface area contributed by atoms with Gasteiger partial charge in [-0.15, -0.1) is 0 Å². The molecule has 1 aromatic carbocycles. The van der Waals surface area contributed by atoms with E-state index >= 15 is 0 Å². The lowest BCUT2D eigenvalue weighted by atomic mass is 9.92. The van der Waals surface area contributed by atoms with Crippen molar-refractivity contribution in [2.24, 2.45) is 0 Å². The Morgan fingerprint density at radius 3 is 2.86 bits per heavy atom. The molecule has 1 heterocycles. The Morgan fingerprint density at radius 1 is 1.27 bits per heavy atom. The molecule has 1 aliphatic rings. The molecule has 2 aromatic rings. The number of amides is 1. The molecule has 0 aliphatic heterocycles. The van der Waals surface area contributed by atoms with Gasteiger partial charge in [0.15, 0.2) is 6.10 Å². The van der Waals surface area contributed by atoms with Crippen LogP contribution in [-0.4, -0.2) is 12.0 Å². The predicted molar refractivity (Wildman–Crippen MR) is 83.7 cm³/mol. The monoisotopic (exact) mass is 299 g/mol. The Bertz CT molecular complexity index is 634. The molecule has 4 nitrogen and oxygen atoms in total. The molecule has 0 saturated carbocycles. The second kappa shape index (κ2) is 6.69. The second-order valence-corrected chi connectivity index (χ2v) is 5.69. The molecule has 1 unspecified atom stereocenters.